The number of carbonyl (C=O) groups excluding carboxylic acids is 2. The van der Waals surface area contributed by atoms with Crippen LogP contribution in [0.3, 0.4) is 0 Å². The molecule has 1 aromatic carbocycles. The van der Waals surface area contributed by atoms with E-state index < -0.39 is 5.97 Å². The Morgan fingerprint density at radius 3 is 2.76 bits per heavy atom. The van der Waals surface area contributed by atoms with Crippen LogP contribution in [0, 0.1) is 0 Å². The predicted molar refractivity (Wildman–Crippen MR) is 96.0 cm³/mol. The number of anilines is 1. The summed E-state index contributed by atoms with van der Waals surface area (Å²) in [4.78, 5) is 27.0. The summed E-state index contributed by atoms with van der Waals surface area (Å²) in [6.45, 7) is 0.683. The van der Waals surface area contributed by atoms with Crippen LogP contribution in [0.15, 0.2) is 60.2 Å². The third-order valence-corrected chi connectivity index (χ3v) is 4.49. The maximum absolute atomic E-state index is 12.5. The lowest BCUT2D eigenvalue weighted by Crippen LogP contribution is -2.27. The standard InChI is InChI=1S/C18H17N3O3S/c1-20(17(22)16-8-4-13-25-16)15-7-3-2-6-14(15)18(23)24-12-11-21-10-5-9-19-21/h2-10,13H,11-12H2,1H3. The smallest absolute Gasteiger partial charge is 0.340 e. The molecule has 0 aliphatic carbocycles. The first-order valence-corrected chi connectivity index (χ1v) is 8.60. The van der Waals surface area contributed by atoms with Gasteiger partial charge in [0.25, 0.3) is 5.91 Å². The number of rotatable bonds is 6. The van der Waals surface area contributed by atoms with Crippen molar-refractivity contribution in [2.75, 3.05) is 18.6 Å². The minimum Gasteiger partial charge on any atom is -0.460 e. The second kappa shape index (κ2) is 7.76. The van der Waals surface area contributed by atoms with Gasteiger partial charge in [0, 0.05) is 19.4 Å². The first-order valence-electron chi connectivity index (χ1n) is 7.72. The molecule has 0 atom stereocenters. The number of para-hydroxylation sites is 1. The zero-order valence-corrected chi connectivity index (χ0v) is 14.5. The van der Waals surface area contributed by atoms with Crippen molar-refractivity contribution in [1.82, 2.24) is 9.78 Å². The van der Waals surface area contributed by atoms with Crippen LogP contribution in [0.4, 0.5) is 5.69 Å². The fraction of sp³-hybridized carbons (Fsp3) is 0.167. The normalized spacial score (nSPS) is 10.4. The molecule has 0 aliphatic rings. The quantitative estimate of drug-likeness (QED) is 0.638. The molecule has 0 aliphatic heterocycles. The molecule has 3 rings (SSSR count). The van der Waals surface area contributed by atoms with Crippen LogP contribution in [0.25, 0.3) is 0 Å². The highest BCUT2D eigenvalue weighted by Crippen LogP contribution is 2.23. The van der Waals surface area contributed by atoms with Crippen molar-refractivity contribution < 1.29 is 14.3 Å². The maximum atomic E-state index is 12.5. The molecule has 3 aromatic rings. The van der Waals surface area contributed by atoms with E-state index in [0.29, 0.717) is 22.7 Å². The first-order chi connectivity index (χ1) is 12.2. The van der Waals surface area contributed by atoms with Crippen molar-refractivity contribution in [3.8, 4) is 0 Å². The van der Waals surface area contributed by atoms with Crippen molar-refractivity contribution >= 4 is 28.9 Å². The fourth-order valence-electron chi connectivity index (χ4n) is 2.36. The number of amides is 1. The van der Waals surface area contributed by atoms with Crippen LogP contribution in [0.2, 0.25) is 0 Å². The van der Waals surface area contributed by atoms with Crippen molar-refractivity contribution in [3.63, 3.8) is 0 Å². The van der Waals surface area contributed by atoms with E-state index in [0.717, 1.165) is 0 Å². The molecule has 6 nitrogen and oxygen atoms in total. The van der Waals surface area contributed by atoms with Crippen LogP contribution < -0.4 is 4.90 Å². The summed E-state index contributed by atoms with van der Waals surface area (Å²) in [5, 5.41) is 5.90. The second-order valence-electron chi connectivity index (χ2n) is 5.26. The van der Waals surface area contributed by atoms with Crippen LogP contribution in [-0.4, -0.2) is 35.3 Å². The summed E-state index contributed by atoms with van der Waals surface area (Å²) in [5.41, 5.74) is 0.875. The number of esters is 1. The molecule has 128 valence electrons. The average molecular weight is 355 g/mol. The molecule has 0 saturated carbocycles. The van der Waals surface area contributed by atoms with Gasteiger partial charge in [0.2, 0.25) is 0 Å². The van der Waals surface area contributed by atoms with E-state index in [1.165, 1.54) is 16.2 Å². The van der Waals surface area contributed by atoms with E-state index in [1.807, 2.05) is 17.5 Å². The topological polar surface area (TPSA) is 64.4 Å². The van der Waals surface area contributed by atoms with Gasteiger partial charge in [-0.1, -0.05) is 18.2 Å². The lowest BCUT2D eigenvalue weighted by molar-refractivity contribution is 0.0488. The number of benzene rings is 1. The lowest BCUT2D eigenvalue weighted by Gasteiger charge is -2.19. The Hall–Kier alpha value is -2.93. The molecule has 1 amide bonds. The third kappa shape index (κ3) is 3.95. The van der Waals surface area contributed by atoms with Gasteiger partial charge in [-0.25, -0.2) is 4.79 Å². The largest absolute Gasteiger partial charge is 0.460 e. The Kier molecular flexibility index (Phi) is 5.25. The molecule has 0 saturated heterocycles. The zero-order chi connectivity index (χ0) is 17.6. The zero-order valence-electron chi connectivity index (χ0n) is 13.7. The Morgan fingerprint density at radius 2 is 2.04 bits per heavy atom. The van der Waals surface area contributed by atoms with Crippen LogP contribution in [-0.2, 0) is 11.3 Å². The summed E-state index contributed by atoms with van der Waals surface area (Å²) < 4.78 is 7.01. The van der Waals surface area contributed by atoms with Gasteiger partial charge < -0.3 is 9.64 Å². The van der Waals surface area contributed by atoms with E-state index in [9.17, 15) is 9.59 Å². The molecule has 0 radical (unpaired) electrons. The summed E-state index contributed by atoms with van der Waals surface area (Å²) in [7, 11) is 1.65. The molecule has 0 N–H and O–H groups in total. The highest BCUT2D eigenvalue weighted by Gasteiger charge is 2.20. The molecule has 0 spiro atoms. The fourth-order valence-corrected chi connectivity index (χ4v) is 3.05. The third-order valence-electron chi connectivity index (χ3n) is 3.63. The summed E-state index contributed by atoms with van der Waals surface area (Å²) in [5.74, 6) is -0.625. The Labute approximate surface area is 149 Å². The van der Waals surface area contributed by atoms with Crippen LogP contribution in [0.1, 0.15) is 20.0 Å². The minimum atomic E-state index is -0.464. The second-order valence-corrected chi connectivity index (χ2v) is 6.21. The molecule has 25 heavy (non-hydrogen) atoms. The predicted octanol–water partition coefficient (Wildman–Crippen LogP) is 3.08. The van der Waals surface area contributed by atoms with Crippen LogP contribution >= 0.6 is 11.3 Å². The molecular formula is C18H17N3O3S. The molecule has 2 heterocycles. The van der Waals surface area contributed by atoms with E-state index in [1.54, 1.807) is 54.5 Å². The van der Waals surface area contributed by atoms with Crippen molar-refractivity contribution in [2.45, 2.75) is 6.54 Å². The van der Waals surface area contributed by atoms with Gasteiger partial charge in [0.1, 0.15) is 6.61 Å². The van der Waals surface area contributed by atoms with Gasteiger partial charge in [0.05, 0.1) is 22.7 Å². The molecule has 0 unspecified atom stereocenters. The van der Waals surface area contributed by atoms with Gasteiger partial charge in [-0.2, -0.15) is 5.10 Å². The number of hydrogen-bond donors (Lipinski definition) is 0. The van der Waals surface area contributed by atoms with Gasteiger partial charge in [-0.3, -0.25) is 9.48 Å². The van der Waals surface area contributed by atoms with E-state index in [4.69, 9.17) is 4.74 Å². The van der Waals surface area contributed by atoms with Gasteiger partial charge >= 0.3 is 5.97 Å². The first kappa shape index (κ1) is 16.9. The monoisotopic (exact) mass is 355 g/mol. The van der Waals surface area contributed by atoms with Gasteiger partial charge in [0.15, 0.2) is 0 Å². The Morgan fingerprint density at radius 1 is 1.20 bits per heavy atom. The number of carbonyl (C=O) groups is 2. The summed E-state index contributed by atoms with van der Waals surface area (Å²) in [6.07, 6.45) is 3.47. The van der Waals surface area contributed by atoms with Crippen LogP contribution in [0.5, 0.6) is 0 Å². The van der Waals surface area contributed by atoms with Crippen molar-refractivity contribution in [1.29, 1.82) is 0 Å². The molecule has 0 fully saturated rings. The minimum absolute atomic E-state index is 0.160. The number of aromatic nitrogens is 2. The maximum Gasteiger partial charge on any atom is 0.340 e. The van der Waals surface area contributed by atoms with Gasteiger partial charge in [-0.15, -0.1) is 11.3 Å². The van der Waals surface area contributed by atoms with Crippen molar-refractivity contribution in [3.05, 3.63) is 70.7 Å². The van der Waals surface area contributed by atoms with E-state index >= 15 is 0 Å². The van der Waals surface area contributed by atoms with Crippen molar-refractivity contribution in [2.24, 2.45) is 0 Å². The highest BCUT2D eigenvalue weighted by molar-refractivity contribution is 7.12. The Bertz CT molecular complexity index is 844. The lowest BCUT2D eigenvalue weighted by atomic mass is 10.1. The molecule has 2 aromatic heterocycles. The number of nitrogens with zero attached hydrogens (tertiary/aromatic N) is 3. The number of ether oxygens (including phenoxy) is 1. The average Bonchev–Trinajstić information content (AvgIpc) is 3.34. The number of thiophene rings is 1. The molecular weight excluding hydrogens is 338 g/mol. The highest BCUT2D eigenvalue weighted by atomic mass is 32.1. The SMILES string of the molecule is CN(C(=O)c1cccs1)c1ccccc1C(=O)OCCn1cccn1. The summed E-state index contributed by atoms with van der Waals surface area (Å²) >= 11 is 1.36. The molecule has 7 heteroatoms. The van der Waals surface area contributed by atoms with E-state index in [-0.39, 0.29) is 12.5 Å². The molecule has 0 bridgehead atoms. The van der Waals surface area contributed by atoms with Gasteiger partial charge in [-0.05, 0) is 29.6 Å². The summed E-state index contributed by atoms with van der Waals surface area (Å²) in [6, 6.07) is 12.3. The van der Waals surface area contributed by atoms with E-state index in [2.05, 4.69) is 5.10 Å². The number of hydrogen-bond acceptors (Lipinski definition) is 5. The Balaban J connectivity index is 1.71.